The van der Waals surface area contributed by atoms with Gasteiger partial charge in [0.2, 0.25) is 0 Å². The number of aliphatic hydroxyl groups excluding tert-OH is 1. The van der Waals surface area contributed by atoms with Crippen molar-refractivity contribution in [3.05, 3.63) is 75.3 Å². The van der Waals surface area contributed by atoms with E-state index < -0.39 is 17.7 Å². The second-order valence-electron chi connectivity index (χ2n) is 6.71. The van der Waals surface area contributed by atoms with Gasteiger partial charge in [0.05, 0.1) is 11.6 Å². The van der Waals surface area contributed by atoms with E-state index in [1.54, 1.807) is 19.2 Å². The number of methoxy groups -OCH3 is 1. The third-order valence-electron chi connectivity index (χ3n) is 4.83. The molecule has 0 radical (unpaired) electrons. The molecule has 1 fully saturated rings. The highest BCUT2D eigenvalue weighted by molar-refractivity contribution is 9.10. The molecule has 1 heterocycles. The molecule has 6 heteroatoms. The predicted molar refractivity (Wildman–Crippen MR) is 111 cm³/mol. The van der Waals surface area contributed by atoms with Crippen LogP contribution in [0, 0.1) is 6.92 Å². The minimum atomic E-state index is -0.663. The van der Waals surface area contributed by atoms with E-state index in [0.717, 1.165) is 15.6 Å². The molecule has 1 aliphatic heterocycles. The van der Waals surface area contributed by atoms with Crippen LogP contribution in [0.25, 0.3) is 5.76 Å². The number of nitrogens with zero attached hydrogens (tertiary/aromatic N) is 1. The van der Waals surface area contributed by atoms with Gasteiger partial charge in [-0.15, -0.1) is 0 Å². The molecule has 0 aliphatic carbocycles. The van der Waals surface area contributed by atoms with Crippen LogP contribution in [-0.4, -0.2) is 42.0 Å². The van der Waals surface area contributed by atoms with Gasteiger partial charge in [0.1, 0.15) is 5.76 Å². The number of halogens is 1. The zero-order valence-corrected chi connectivity index (χ0v) is 17.4. The highest BCUT2D eigenvalue weighted by Crippen LogP contribution is 2.39. The van der Waals surface area contributed by atoms with Gasteiger partial charge in [-0.2, -0.15) is 0 Å². The maximum atomic E-state index is 12.8. The summed E-state index contributed by atoms with van der Waals surface area (Å²) in [5.41, 5.74) is 2.34. The van der Waals surface area contributed by atoms with Crippen molar-refractivity contribution >= 4 is 33.4 Å². The van der Waals surface area contributed by atoms with Gasteiger partial charge in [-0.3, -0.25) is 9.59 Å². The zero-order chi connectivity index (χ0) is 20.3. The maximum Gasteiger partial charge on any atom is 0.295 e. The molecule has 1 amide bonds. The number of carbonyl (C=O) groups is 2. The zero-order valence-electron chi connectivity index (χ0n) is 15.8. The minimum Gasteiger partial charge on any atom is -0.507 e. The number of aliphatic hydroxyl groups is 1. The topological polar surface area (TPSA) is 66.8 Å². The van der Waals surface area contributed by atoms with Crippen LogP contribution in [0.2, 0.25) is 0 Å². The lowest BCUT2D eigenvalue weighted by Gasteiger charge is -2.25. The van der Waals surface area contributed by atoms with Crippen LogP contribution in [0.4, 0.5) is 0 Å². The standard InChI is InChI=1S/C22H22BrNO4/c1-14-13-16(9-10-17(14)23)20(25)18-19(15-7-4-3-5-8-15)24(11-6-12-28-2)22(27)21(18)26/h3-5,7-10,13,19,25H,6,11-12H2,1-2H3/b20-18-. The Hall–Kier alpha value is -2.44. The van der Waals surface area contributed by atoms with Gasteiger partial charge in [-0.25, -0.2) is 0 Å². The van der Waals surface area contributed by atoms with Crippen molar-refractivity contribution in [3.8, 4) is 0 Å². The van der Waals surface area contributed by atoms with Crippen LogP contribution in [0.15, 0.2) is 58.6 Å². The van der Waals surface area contributed by atoms with Gasteiger partial charge in [-0.05, 0) is 36.6 Å². The molecule has 2 aromatic rings. The number of likely N-dealkylation sites (tertiary alicyclic amines) is 1. The minimum absolute atomic E-state index is 0.121. The third kappa shape index (κ3) is 3.88. The molecule has 146 valence electrons. The molecule has 1 N–H and O–H groups in total. The monoisotopic (exact) mass is 443 g/mol. The molecule has 1 unspecified atom stereocenters. The van der Waals surface area contributed by atoms with Crippen molar-refractivity contribution in [1.29, 1.82) is 0 Å². The lowest BCUT2D eigenvalue weighted by molar-refractivity contribution is -0.140. The Labute approximate surface area is 172 Å². The number of rotatable bonds is 6. The summed E-state index contributed by atoms with van der Waals surface area (Å²) in [6, 6.07) is 14.0. The fourth-order valence-electron chi connectivity index (χ4n) is 3.42. The van der Waals surface area contributed by atoms with E-state index in [2.05, 4.69) is 15.9 Å². The molecule has 3 rings (SSSR count). The summed E-state index contributed by atoms with van der Waals surface area (Å²) < 4.78 is 5.99. The number of hydrogen-bond donors (Lipinski definition) is 1. The van der Waals surface area contributed by atoms with Gasteiger partial charge in [-0.1, -0.05) is 52.3 Å². The second-order valence-corrected chi connectivity index (χ2v) is 7.57. The molecule has 0 saturated carbocycles. The Balaban J connectivity index is 2.12. The molecule has 2 aromatic carbocycles. The SMILES string of the molecule is COCCCN1C(=O)C(=O)/C(=C(\O)c2ccc(Br)c(C)c2)C1c1ccccc1. The molecule has 28 heavy (non-hydrogen) atoms. The van der Waals surface area contributed by atoms with Crippen LogP contribution in [-0.2, 0) is 14.3 Å². The van der Waals surface area contributed by atoms with Crippen LogP contribution in [0.1, 0.15) is 29.2 Å². The average Bonchev–Trinajstić information content (AvgIpc) is 2.95. The molecular formula is C22H22BrNO4. The number of ketones is 1. The Morgan fingerprint density at radius 1 is 1.18 bits per heavy atom. The molecule has 1 atom stereocenters. The van der Waals surface area contributed by atoms with Crippen molar-refractivity contribution < 1.29 is 19.4 Å². The highest BCUT2D eigenvalue weighted by Gasteiger charge is 2.45. The fourth-order valence-corrected chi connectivity index (χ4v) is 3.67. The number of Topliss-reactive ketones (excluding diaryl/α,β-unsaturated/α-hetero) is 1. The van der Waals surface area contributed by atoms with E-state index in [1.165, 1.54) is 4.90 Å². The summed E-state index contributed by atoms with van der Waals surface area (Å²) in [4.78, 5) is 27.1. The Morgan fingerprint density at radius 3 is 2.54 bits per heavy atom. The molecule has 1 aliphatic rings. The largest absolute Gasteiger partial charge is 0.507 e. The van der Waals surface area contributed by atoms with Crippen LogP contribution in [0.5, 0.6) is 0 Å². The van der Waals surface area contributed by atoms with Crippen molar-refractivity contribution in [2.45, 2.75) is 19.4 Å². The smallest absolute Gasteiger partial charge is 0.295 e. The van der Waals surface area contributed by atoms with E-state index in [0.29, 0.717) is 25.1 Å². The average molecular weight is 444 g/mol. The first-order chi connectivity index (χ1) is 13.5. The van der Waals surface area contributed by atoms with Crippen molar-refractivity contribution in [2.24, 2.45) is 0 Å². The third-order valence-corrected chi connectivity index (χ3v) is 5.72. The first-order valence-corrected chi connectivity index (χ1v) is 9.83. The summed E-state index contributed by atoms with van der Waals surface area (Å²) in [6.07, 6.45) is 0.601. The molecule has 5 nitrogen and oxygen atoms in total. The Kier molecular flexibility index (Phi) is 6.31. The van der Waals surface area contributed by atoms with Gasteiger partial charge in [0.25, 0.3) is 11.7 Å². The second kappa shape index (κ2) is 8.71. The summed E-state index contributed by atoms with van der Waals surface area (Å²) in [6.45, 7) is 2.75. The number of hydrogen-bond acceptors (Lipinski definition) is 4. The lowest BCUT2D eigenvalue weighted by atomic mass is 9.95. The number of amides is 1. The van der Waals surface area contributed by atoms with E-state index in [4.69, 9.17) is 4.74 Å². The molecule has 1 saturated heterocycles. The quantitative estimate of drug-likeness (QED) is 0.314. The van der Waals surface area contributed by atoms with Crippen molar-refractivity contribution in [1.82, 2.24) is 4.90 Å². The number of ether oxygens (including phenoxy) is 1. The number of benzene rings is 2. The highest BCUT2D eigenvalue weighted by atomic mass is 79.9. The van der Waals surface area contributed by atoms with E-state index >= 15 is 0 Å². The number of aryl methyl sites for hydroxylation is 1. The molecule has 0 bridgehead atoms. The first-order valence-electron chi connectivity index (χ1n) is 9.04. The summed E-state index contributed by atoms with van der Waals surface area (Å²) in [5.74, 6) is -1.42. The molecule has 0 aromatic heterocycles. The van der Waals surface area contributed by atoms with E-state index in [-0.39, 0.29) is 11.3 Å². The summed E-state index contributed by atoms with van der Waals surface area (Å²) in [5, 5.41) is 11.0. The fraction of sp³-hybridized carbons (Fsp3) is 0.273. The first kappa shape index (κ1) is 20.3. The summed E-state index contributed by atoms with van der Waals surface area (Å²) >= 11 is 3.44. The van der Waals surface area contributed by atoms with Crippen molar-refractivity contribution in [2.75, 3.05) is 20.3 Å². The summed E-state index contributed by atoms with van der Waals surface area (Å²) in [7, 11) is 1.60. The van der Waals surface area contributed by atoms with Gasteiger partial charge in [0, 0.05) is 30.3 Å². The van der Waals surface area contributed by atoms with Crippen molar-refractivity contribution in [3.63, 3.8) is 0 Å². The Morgan fingerprint density at radius 2 is 1.89 bits per heavy atom. The van der Waals surface area contributed by atoms with Gasteiger partial charge >= 0.3 is 0 Å². The lowest BCUT2D eigenvalue weighted by Crippen LogP contribution is -2.31. The van der Waals surface area contributed by atoms with Crippen LogP contribution < -0.4 is 0 Å². The normalized spacial score (nSPS) is 18.7. The Bertz CT molecular complexity index is 923. The molecule has 0 spiro atoms. The van der Waals surface area contributed by atoms with E-state index in [1.807, 2.05) is 43.3 Å². The van der Waals surface area contributed by atoms with Gasteiger partial charge in [0.15, 0.2) is 0 Å². The maximum absolute atomic E-state index is 12.8. The van der Waals surface area contributed by atoms with Crippen LogP contribution >= 0.6 is 15.9 Å². The predicted octanol–water partition coefficient (Wildman–Crippen LogP) is 4.22. The number of carbonyl (C=O) groups excluding carboxylic acids is 2. The van der Waals surface area contributed by atoms with E-state index in [9.17, 15) is 14.7 Å². The van der Waals surface area contributed by atoms with Gasteiger partial charge < -0.3 is 14.7 Å². The molecular weight excluding hydrogens is 422 g/mol. The van der Waals surface area contributed by atoms with Crippen LogP contribution in [0.3, 0.4) is 0 Å².